The van der Waals surface area contributed by atoms with E-state index in [4.69, 9.17) is 0 Å². The molecular formula is C12H12F3N3. The van der Waals surface area contributed by atoms with Gasteiger partial charge in [-0.1, -0.05) is 19.9 Å². The van der Waals surface area contributed by atoms with E-state index in [0.29, 0.717) is 11.5 Å². The SMILES string of the molecule is CC(C)c1ncn(-c2cccc(C(F)(F)F)c2)n1. The van der Waals surface area contributed by atoms with Crippen molar-refractivity contribution < 1.29 is 13.2 Å². The molecule has 0 bridgehead atoms. The van der Waals surface area contributed by atoms with E-state index in [1.165, 1.54) is 17.1 Å². The van der Waals surface area contributed by atoms with Gasteiger partial charge in [-0.25, -0.2) is 9.67 Å². The first kappa shape index (κ1) is 12.6. The van der Waals surface area contributed by atoms with Gasteiger partial charge in [0.1, 0.15) is 6.33 Å². The highest BCUT2D eigenvalue weighted by Crippen LogP contribution is 2.30. The summed E-state index contributed by atoms with van der Waals surface area (Å²) in [5.41, 5.74) is -0.342. The highest BCUT2D eigenvalue weighted by atomic mass is 19.4. The predicted molar refractivity (Wildman–Crippen MR) is 60.5 cm³/mol. The maximum absolute atomic E-state index is 12.6. The third-order valence-corrected chi connectivity index (χ3v) is 2.46. The minimum absolute atomic E-state index is 0.136. The fraction of sp³-hybridized carbons (Fsp3) is 0.333. The van der Waals surface area contributed by atoms with Crippen LogP contribution in [0.1, 0.15) is 31.2 Å². The molecule has 2 rings (SSSR count). The predicted octanol–water partition coefficient (Wildman–Crippen LogP) is 3.41. The second-order valence-electron chi connectivity index (χ2n) is 4.25. The Hall–Kier alpha value is -1.85. The van der Waals surface area contributed by atoms with Crippen LogP contribution in [0.5, 0.6) is 0 Å². The first-order valence-electron chi connectivity index (χ1n) is 5.47. The summed E-state index contributed by atoms with van der Waals surface area (Å²) in [5.74, 6) is 0.740. The average molecular weight is 255 g/mol. The fourth-order valence-corrected chi connectivity index (χ4v) is 1.49. The third kappa shape index (κ3) is 2.52. The van der Waals surface area contributed by atoms with Gasteiger partial charge in [0.15, 0.2) is 5.82 Å². The third-order valence-electron chi connectivity index (χ3n) is 2.46. The van der Waals surface area contributed by atoms with Gasteiger partial charge in [0.05, 0.1) is 11.3 Å². The number of hydrogen-bond acceptors (Lipinski definition) is 2. The van der Waals surface area contributed by atoms with E-state index in [0.717, 1.165) is 12.1 Å². The van der Waals surface area contributed by atoms with Gasteiger partial charge in [-0.05, 0) is 18.2 Å². The Balaban J connectivity index is 2.38. The van der Waals surface area contributed by atoms with E-state index in [9.17, 15) is 13.2 Å². The summed E-state index contributed by atoms with van der Waals surface area (Å²) in [6.45, 7) is 3.84. The quantitative estimate of drug-likeness (QED) is 0.823. The maximum Gasteiger partial charge on any atom is 0.416 e. The number of hydrogen-bond donors (Lipinski definition) is 0. The minimum Gasteiger partial charge on any atom is -0.221 e. The summed E-state index contributed by atoms with van der Waals surface area (Å²) in [5, 5.41) is 4.14. The van der Waals surface area contributed by atoms with Crippen molar-refractivity contribution in [3.63, 3.8) is 0 Å². The molecular weight excluding hydrogens is 243 g/mol. The molecule has 0 fully saturated rings. The first-order chi connectivity index (χ1) is 8.38. The zero-order valence-corrected chi connectivity index (χ0v) is 9.94. The van der Waals surface area contributed by atoms with Crippen molar-refractivity contribution in [2.75, 3.05) is 0 Å². The van der Waals surface area contributed by atoms with Crippen LogP contribution in [-0.4, -0.2) is 14.8 Å². The Morgan fingerprint density at radius 2 is 1.94 bits per heavy atom. The second kappa shape index (κ2) is 4.44. The largest absolute Gasteiger partial charge is 0.416 e. The van der Waals surface area contributed by atoms with Crippen LogP contribution in [0, 0.1) is 0 Å². The van der Waals surface area contributed by atoms with Gasteiger partial charge in [-0.3, -0.25) is 0 Å². The molecule has 1 heterocycles. The van der Waals surface area contributed by atoms with Crippen LogP contribution in [0.3, 0.4) is 0 Å². The highest BCUT2D eigenvalue weighted by Gasteiger charge is 2.30. The molecule has 0 aliphatic carbocycles. The van der Waals surface area contributed by atoms with Crippen molar-refractivity contribution in [2.45, 2.75) is 25.9 Å². The Bertz CT molecular complexity index is 543. The lowest BCUT2D eigenvalue weighted by atomic mass is 10.2. The van der Waals surface area contributed by atoms with Gasteiger partial charge in [0.2, 0.25) is 0 Å². The summed E-state index contributed by atoms with van der Waals surface area (Å²) in [7, 11) is 0. The van der Waals surface area contributed by atoms with Crippen molar-refractivity contribution in [2.24, 2.45) is 0 Å². The van der Waals surface area contributed by atoms with Crippen LogP contribution in [-0.2, 0) is 6.18 Å². The van der Waals surface area contributed by atoms with Crippen LogP contribution < -0.4 is 0 Å². The smallest absolute Gasteiger partial charge is 0.221 e. The summed E-state index contributed by atoms with van der Waals surface area (Å²) >= 11 is 0. The Labute approximate surface area is 102 Å². The molecule has 96 valence electrons. The zero-order valence-electron chi connectivity index (χ0n) is 9.94. The highest BCUT2D eigenvalue weighted by molar-refractivity contribution is 5.36. The molecule has 0 saturated heterocycles. The van der Waals surface area contributed by atoms with Crippen molar-refractivity contribution in [3.05, 3.63) is 42.0 Å². The van der Waals surface area contributed by atoms with Gasteiger partial charge in [0, 0.05) is 5.92 Å². The van der Waals surface area contributed by atoms with Crippen LogP contribution in [0.2, 0.25) is 0 Å². The van der Waals surface area contributed by atoms with Gasteiger partial charge in [-0.15, -0.1) is 0 Å². The molecule has 1 aromatic carbocycles. The van der Waals surface area contributed by atoms with Crippen LogP contribution in [0.25, 0.3) is 5.69 Å². The normalized spacial score (nSPS) is 12.1. The summed E-state index contributed by atoms with van der Waals surface area (Å²) in [4.78, 5) is 4.05. The van der Waals surface area contributed by atoms with Crippen molar-refractivity contribution >= 4 is 0 Å². The zero-order chi connectivity index (χ0) is 13.3. The molecule has 18 heavy (non-hydrogen) atoms. The summed E-state index contributed by atoms with van der Waals surface area (Å²) in [6.07, 6.45) is -2.93. The lowest BCUT2D eigenvalue weighted by Gasteiger charge is -2.08. The van der Waals surface area contributed by atoms with Crippen molar-refractivity contribution in [1.82, 2.24) is 14.8 Å². The van der Waals surface area contributed by atoms with E-state index < -0.39 is 11.7 Å². The lowest BCUT2D eigenvalue weighted by Crippen LogP contribution is -2.06. The Morgan fingerprint density at radius 1 is 1.22 bits per heavy atom. The maximum atomic E-state index is 12.6. The van der Waals surface area contributed by atoms with Gasteiger partial charge in [0.25, 0.3) is 0 Å². The minimum atomic E-state index is -4.35. The van der Waals surface area contributed by atoms with Crippen LogP contribution >= 0.6 is 0 Å². The molecule has 0 unspecified atom stereocenters. The topological polar surface area (TPSA) is 30.7 Å². The lowest BCUT2D eigenvalue weighted by molar-refractivity contribution is -0.137. The number of rotatable bonds is 2. The van der Waals surface area contributed by atoms with E-state index in [-0.39, 0.29) is 5.92 Å². The van der Waals surface area contributed by atoms with E-state index in [1.807, 2.05) is 13.8 Å². The van der Waals surface area contributed by atoms with Crippen LogP contribution in [0.4, 0.5) is 13.2 Å². The fourth-order valence-electron chi connectivity index (χ4n) is 1.49. The average Bonchev–Trinajstić information content (AvgIpc) is 2.77. The number of alkyl halides is 3. The standard InChI is InChI=1S/C12H12F3N3/c1-8(2)11-16-7-18(17-11)10-5-3-4-9(6-10)12(13,14)15/h3-8H,1-2H3. The first-order valence-corrected chi connectivity index (χ1v) is 5.47. The summed E-state index contributed by atoms with van der Waals surface area (Å²) < 4.78 is 39.1. The summed E-state index contributed by atoms with van der Waals surface area (Å²) in [6, 6.07) is 5.01. The van der Waals surface area contributed by atoms with Crippen LogP contribution in [0.15, 0.2) is 30.6 Å². The molecule has 0 amide bonds. The van der Waals surface area contributed by atoms with Crippen molar-refractivity contribution in [1.29, 1.82) is 0 Å². The Kier molecular flexibility index (Phi) is 3.11. The molecule has 3 nitrogen and oxygen atoms in total. The molecule has 0 spiro atoms. The molecule has 0 atom stereocenters. The monoisotopic (exact) mass is 255 g/mol. The number of benzene rings is 1. The van der Waals surface area contributed by atoms with Gasteiger partial charge in [-0.2, -0.15) is 18.3 Å². The molecule has 0 aliphatic rings. The molecule has 0 N–H and O–H groups in total. The molecule has 0 radical (unpaired) electrons. The van der Waals surface area contributed by atoms with Gasteiger partial charge >= 0.3 is 6.18 Å². The van der Waals surface area contributed by atoms with E-state index in [2.05, 4.69) is 10.1 Å². The second-order valence-corrected chi connectivity index (χ2v) is 4.25. The molecule has 2 aromatic rings. The molecule has 0 saturated carbocycles. The Morgan fingerprint density at radius 3 is 2.50 bits per heavy atom. The molecule has 0 aliphatic heterocycles. The molecule has 6 heteroatoms. The number of nitrogens with zero attached hydrogens (tertiary/aromatic N) is 3. The van der Waals surface area contributed by atoms with Gasteiger partial charge < -0.3 is 0 Å². The number of halogens is 3. The van der Waals surface area contributed by atoms with E-state index >= 15 is 0 Å². The number of aromatic nitrogens is 3. The van der Waals surface area contributed by atoms with E-state index in [1.54, 1.807) is 6.07 Å². The molecule has 1 aromatic heterocycles. The van der Waals surface area contributed by atoms with Crippen molar-refractivity contribution in [3.8, 4) is 5.69 Å².